The smallest absolute Gasteiger partial charge is 0.000978 e. The Kier molecular flexibility index (Phi) is 3.82. The van der Waals surface area contributed by atoms with Gasteiger partial charge in [-0.15, -0.1) is 0 Å². The van der Waals surface area contributed by atoms with Gasteiger partial charge in [-0.2, -0.15) is 0 Å². The Morgan fingerprint density at radius 2 is 1.50 bits per heavy atom. The van der Waals surface area contributed by atoms with Gasteiger partial charge >= 0.3 is 0 Å². The highest BCUT2D eigenvalue weighted by molar-refractivity contribution is 4.82. The summed E-state index contributed by atoms with van der Waals surface area (Å²) in [6.07, 6.45) is 8.44. The van der Waals surface area contributed by atoms with E-state index in [1.807, 2.05) is 0 Å². The third-order valence-corrected chi connectivity index (χ3v) is 3.36. The molecule has 0 aromatic heterocycles. The van der Waals surface area contributed by atoms with Gasteiger partial charge in [0.05, 0.1) is 0 Å². The Balaban J connectivity index is 1.61. The second-order valence-corrected chi connectivity index (χ2v) is 5.14. The third kappa shape index (κ3) is 3.97. The summed E-state index contributed by atoms with van der Waals surface area (Å²) in [5, 5.41) is 0. The van der Waals surface area contributed by atoms with E-state index in [0.717, 1.165) is 18.4 Å². The average molecular weight is 196 g/mol. The van der Waals surface area contributed by atoms with Crippen molar-refractivity contribution in [2.75, 3.05) is 26.2 Å². The molecule has 0 atom stereocenters. The van der Waals surface area contributed by atoms with Gasteiger partial charge < -0.3 is 10.6 Å². The Morgan fingerprint density at radius 1 is 0.929 bits per heavy atom. The minimum absolute atomic E-state index is 0.862. The summed E-state index contributed by atoms with van der Waals surface area (Å²) >= 11 is 0. The Hall–Kier alpha value is -0.0800. The Labute approximate surface area is 87.8 Å². The Morgan fingerprint density at radius 3 is 1.93 bits per heavy atom. The molecular formula is C12H24N2. The average Bonchev–Trinajstić information content (AvgIpc) is 2.99. The summed E-state index contributed by atoms with van der Waals surface area (Å²) in [6, 6.07) is 0. The predicted molar refractivity (Wildman–Crippen MR) is 60.2 cm³/mol. The molecule has 0 heterocycles. The van der Waals surface area contributed by atoms with E-state index in [1.54, 1.807) is 0 Å². The van der Waals surface area contributed by atoms with Crippen molar-refractivity contribution in [3.63, 3.8) is 0 Å². The summed E-state index contributed by atoms with van der Waals surface area (Å²) in [7, 11) is 0. The molecule has 0 aliphatic heterocycles. The third-order valence-electron chi connectivity index (χ3n) is 3.36. The van der Waals surface area contributed by atoms with Gasteiger partial charge in [-0.1, -0.05) is 0 Å². The van der Waals surface area contributed by atoms with E-state index in [-0.39, 0.29) is 0 Å². The van der Waals surface area contributed by atoms with Crippen LogP contribution in [0, 0.1) is 11.8 Å². The number of hydrogen-bond donors (Lipinski definition) is 1. The molecule has 0 amide bonds. The Bertz CT molecular complexity index is 148. The number of unbranched alkanes of at least 4 members (excludes halogenated alkanes) is 1. The predicted octanol–water partition coefficient (Wildman–Crippen LogP) is 1.85. The van der Waals surface area contributed by atoms with Crippen LogP contribution in [-0.2, 0) is 0 Å². The topological polar surface area (TPSA) is 29.3 Å². The van der Waals surface area contributed by atoms with E-state index in [9.17, 15) is 0 Å². The lowest BCUT2D eigenvalue weighted by Gasteiger charge is -2.21. The second kappa shape index (κ2) is 5.13. The number of nitrogens with two attached hydrogens (primary N) is 1. The van der Waals surface area contributed by atoms with E-state index in [0.29, 0.717) is 0 Å². The molecule has 0 spiro atoms. The van der Waals surface area contributed by atoms with Crippen LogP contribution in [0.3, 0.4) is 0 Å². The van der Waals surface area contributed by atoms with Gasteiger partial charge in [0, 0.05) is 13.1 Å². The molecule has 2 aliphatic rings. The van der Waals surface area contributed by atoms with E-state index in [1.165, 1.54) is 58.2 Å². The van der Waals surface area contributed by atoms with Gasteiger partial charge in [0.15, 0.2) is 0 Å². The van der Waals surface area contributed by atoms with Crippen LogP contribution in [0.15, 0.2) is 0 Å². The van der Waals surface area contributed by atoms with Crippen molar-refractivity contribution in [3.8, 4) is 0 Å². The van der Waals surface area contributed by atoms with Crippen LogP contribution in [-0.4, -0.2) is 31.1 Å². The van der Waals surface area contributed by atoms with E-state index in [4.69, 9.17) is 5.73 Å². The van der Waals surface area contributed by atoms with Gasteiger partial charge in [0.2, 0.25) is 0 Å². The van der Waals surface area contributed by atoms with Crippen LogP contribution < -0.4 is 5.73 Å². The fourth-order valence-electron chi connectivity index (χ4n) is 2.07. The molecular weight excluding hydrogens is 172 g/mol. The van der Waals surface area contributed by atoms with Gasteiger partial charge in [-0.05, 0) is 63.5 Å². The maximum atomic E-state index is 5.52. The lowest BCUT2D eigenvalue weighted by Crippen LogP contribution is -2.29. The molecule has 2 nitrogen and oxygen atoms in total. The minimum Gasteiger partial charge on any atom is -0.330 e. The quantitative estimate of drug-likeness (QED) is 0.600. The van der Waals surface area contributed by atoms with Crippen molar-refractivity contribution >= 4 is 0 Å². The summed E-state index contributed by atoms with van der Waals surface area (Å²) in [6.45, 7) is 4.91. The SMILES string of the molecule is NCCCCN(CC1CC1)CC1CC1. The molecule has 14 heavy (non-hydrogen) atoms. The molecule has 2 heteroatoms. The molecule has 2 saturated carbocycles. The molecule has 0 aromatic carbocycles. The van der Waals surface area contributed by atoms with Crippen LogP contribution in [0.4, 0.5) is 0 Å². The molecule has 2 rings (SSSR count). The lowest BCUT2D eigenvalue weighted by atomic mass is 10.2. The normalized spacial score (nSPS) is 21.9. The highest BCUT2D eigenvalue weighted by atomic mass is 15.1. The first kappa shape index (κ1) is 10.4. The fraction of sp³-hybridized carbons (Fsp3) is 1.00. The van der Waals surface area contributed by atoms with Gasteiger partial charge in [-0.3, -0.25) is 0 Å². The molecule has 0 aromatic rings. The molecule has 0 bridgehead atoms. The standard InChI is InChI=1S/C12H24N2/c13-7-1-2-8-14(9-11-3-4-11)10-12-5-6-12/h11-12H,1-10,13H2. The molecule has 0 radical (unpaired) electrons. The van der Waals surface area contributed by atoms with Gasteiger partial charge in [0.25, 0.3) is 0 Å². The monoisotopic (exact) mass is 196 g/mol. The number of nitrogens with zero attached hydrogens (tertiary/aromatic N) is 1. The van der Waals surface area contributed by atoms with Crippen LogP contribution in [0.5, 0.6) is 0 Å². The molecule has 2 fully saturated rings. The van der Waals surface area contributed by atoms with Crippen molar-refractivity contribution in [1.82, 2.24) is 4.90 Å². The summed E-state index contributed by atoms with van der Waals surface area (Å²) in [5.41, 5.74) is 5.52. The van der Waals surface area contributed by atoms with Gasteiger partial charge in [0.1, 0.15) is 0 Å². The van der Waals surface area contributed by atoms with E-state index < -0.39 is 0 Å². The first-order chi connectivity index (χ1) is 6.88. The van der Waals surface area contributed by atoms with Crippen LogP contribution in [0.25, 0.3) is 0 Å². The molecule has 2 N–H and O–H groups in total. The maximum absolute atomic E-state index is 5.52. The first-order valence-corrected chi connectivity index (χ1v) is 6.31. The van der Waals surface area contributed by atoms with Crippen molar-refractivity contribution in [2.24, 2.45) is 17.6 Å². The summed E-state index contributed by atoms with van der Waals surface area (Å²) in [4.78, 5) is 2.70. The van der Waals surface area contributed by atoms with E-state index in [2.05, 4.69) is 4.90 Å². The first-order valence-electron chi connectivity index (χ1n) is 6.31. The van der Waals surface area contributed by atoms with Crippen LogP contribution in [0.1, 0.15) is 38.5 Å². The van der Waals surface area contributed by atoms with E-state index >= 15 is 0 Å². The zero-order valence-electron chi connectivity index (χ0n) is 9.25. The van der Waals surface area contributed by atoms with Crippen LogP contribution >= 0.6 is 0 Å². The van der Waals surface area contributed by atoms with Crippen LogP contribution in [0.2, 0.25) is 0 Å². The fourth-order valence-corrected chi connectivity index (χ4v) is 2.07. The zero-order valence-corrected chi connectivity index (χ0v) is 9.25. The summed E-state index contributed by atoms with van der Waals surface area (Å²) in [5.74, 6) is 2.10. The second-order valence-electron chi connectivity index (χ2n) is 5.14. The molecule has 0 saturated heterocycles. The maximum Gasteiger partial charge on any atom is 0.000978 e. The molecule has 82 valence electrons. The minimum atomic E-state index is 0.862. The highest BCUT2D eigenvalue weighted by Crippen LogP contribution is 2.33. The lowest BCUT2D eigenvalue weighted by molar-refractivity contribution is 0.248. The van der Waals surface area contributed by atoms with Crippen molar-refractivity contribution in [2.45, 2.75) is 38.5 Å². The largest absolute Gasteiger partial charge is 0.330 e. The number of rotatable bonds is 8. The highest BCUT2D eigenvalue weighted by Gasteiger charge is 2.28. The molecule has 0 unspecified atom stereocenters. The summed E-state index contributed by atoms with van der Waals surface area (Å²) < 4.78 is 0. The molecule has 2 aliphatic carbocycles. The van der Waals surface area contributed by atoms with Crippen molar-refractivity contribution in [1.29, 1.82) is 0 Å². The van der Waals surface area contributed by atoms with Gasteiger partial charge in [-0.25, -0.2) is 0 Å². The zero-order chi connectivity index (χ0) is 9.80. The van der Waals surface area contributed by atoms with Crippen molar-refractivity contribution in [3.05, 3.63) is 0 Å². The van der Waals surface area contributed by atoms with Crippen molar-refractivity contribution < 1.29 is 0 Å². The number of hydrogen-bond acceptors (Lipinski definition) is 2.